The maximum absolute atomic E-state index is 12.4. The maximum atomic E-state index is 12.4. The Bertz CT molecular complexity index is 912. The highest BCUT2D eigenvalue weighted by Crippen LogP contribution is 2.24. The van der Waals surface area contributed by atoms with Crippen LogP contribution in [0.2, 0.25) is 0 Å². The predicted molar refractivity (Wildman–Crippen MR) is 105 cm³/mol. The number of aromatic amines is 1. The molecule has 28 heavy (non-hydrogen) atoms. The summed E-state index contributed by atoms with van der Waals surface area (Å²) in [6.45, 7) is 7.70. The van der Waals surface area contributed by atoms with Gasteiger partial charge in [0, 0.05) is 23.7 Å². The fourth-order valence-electron chi connectivity index (χ4n) is 3.29. The number of esters is 2. The Balaban J connectivity index is 1.62. The zero-order valence-corrected chi connectivity index (χ0v) is 17.3. The van der Waals surface area contributed by atoms with Gasteiger partial charge in [-0.15, -0.1) is 11.3 Å². The molecule has 0 fully saturated rings. The molecule has 8 heteroatoms. The SMILES string of the molecule is Cc1[nH]c(C(=O)OCC(=O)N2CCc3sccc3C2)c(C)c1C(=O)OC(C)C. The molecule has 7 nitrogen and oxygen atoms in total. The fourth-order valence-corrected chi connectivity index (χ4v) is 4.18. The van der Waals surface area contributed by atoms with E-state index in [0.29, 0.717) is 29.9 Å². The summed E-state index contributed by atoms with van der Waals surface area (Å²) >= 11 is 1.70. The minimum Gasteiger partial charge on any atom is -0.459 e. The Hall–Kier alpha value is -2.61. The minimum atomic E-state index is -0.661. The Kier molecular flexibility index (Phi) is 5.88. The van der Waals surface area contributed by atoms with Crippen LogP contribution in [0.5, 0.6) is 0 Å². The molecule has 150 valence electrons. The van der Waals surface area contributed by atoms with Crippen molar-refractivity contribution in [1.82, 2.24) is 9.88 Å². The number of hydrogen-bond acceptors (Lipinski definition) is 6. The Labute approximate surface area is 167 Å². The molecule has 3 rings (SSSR count). The van der Waals surface area contributed by atoms with E-state index >= 15 is 0 Å². The lowest BCUT2D eigenvalue weighted by Crippen LogP contribution is -2.38. The van der Waals surface area contributed by atoms with E-state index in [4.69, 9.17) is 9.47 Å². The number of carbonyl (C=O) groups is 3. The molecule has 1 aliphatic rings. The third-order valence-electron chi connectivity index (χ3n) is 4.68. The second-order valence-corrected chi connectivity index (χ2v) is 8.09. The second-order valence-electron chi connectivity index (χ2n) is 7.09. The van der Waals surface area contributed by atoms with E-state index in [1.165, 1.54) is 4.88 Å². The van der Waals surface area contributed by atoms with Crippen LogP contribution < -0.4 is 0 Å². The molecule has 2 aromatic heterocycles. The molecule has 0 unspecified atom stereocenters. The molecule has 0 saturated heterocycles. The molecule has 0 aliphatic carbocycles. The topological polar surface area (TPSA) is 88.7 Å². The van der Waals surface area contributed by atoms with E-state index in [1.807, 2.05) is 11.4 Å². The molecule has 1 aliphatic heterocycles. The average molecular weight is 404 g/mol. The zero-order valence-electron chi connectivity index (χ0n) is 16.5. The summed E-state index contributed by atoms with van der Waals surface area (Å²) in [5, 5.41) is 2.02. The smallest absolute Gasteiger partial charge is 0.355 e. The number of nitrogens with zero attached hydrogens (tertiary/aromatic N) is 1. The van der Waals surface area contributed by atoms with Crippen LogP contribution in [0.15, 0.2) is 11.4 Å². The third-order valence-corrected chi connectivity index (χ3v) is 5.70. The Morgan fingerprint density at radius 2 is 2.00 bits per heavy atom. The molecule has 0 saturated carbocycles. The molecule has 0 radical (unpaired) electrons. The van der Waals surface area contributed by atoms with Gasteiger partial charge in [0.2, 0.25) is 0 Å². The average Bonchev–Trinajstić information content (AvgIpc) is 3.21. The summed E-state index contributed by atoms with van der Waals surface area (Å²) in [7, 11) is 0. The van der Waals surface area contributed by atoms with Crippen molar-refractivity contribution < 1.29 is 23.9 Å². The van der Waals surface area contributed by atoms with Crippen molar-refractivity contribution in [2.45, 2.75) is 46.8 Å². The molecule has 0 atom stereocenters. The van der Waals surface area contributed by atoms with Gasteiger partial charge in [-0.1, -0.05) is 0 Å². The van der Waals surface area contributed by atoms with E-state index in [9.17, 15) is 14.4 Å². The first-order chi connectivity index (χ1) is 13.3. The maximum Gasteiger partial charge on any atom is 0.355 e. The van der Waals surface area contributed by atoms with E-state index in [2.05, 4.69) is 4.98 Å². The summed E-state index contributed by atoms with van der Waals surface area (Å²) in [5.74, 6) is -1.38. The largest absolute Gasteiger partial charge is 0.459 e. The first kappa shape index (κ1) is 20.1. The summed E-state index contributed by atoms with van der Waals surface area (Å²) in [6, 6.07) is 2.02. The number of rotatable bonds is 5. The summed E-state index contributed by atoms with van der Waals surface area (Å²) < 4.78 is 10.4. The van der Waals surface area contributed by atoms with Crippen molar-refractivity contribution >= 4 is 29.2 Å². The highest BCUT2D eigenvalue weighted by atomic mass is 32.1. The molecule has 0 spiro atoms. The van der Waals surface area contributed by atoms with Gasteiger partial charge in [-0.25, -0.2) is 9.59 Å². The molecule has 2 aromatic rings. The summed E-state index contributed by atoms with van der Waals surface area (Å²) in [5.41, 5.74) is 2.64. The Morgan fingerprint density at radius 1 is 1.25 bits per heavy atom. The van der Waals surface area contributed by atoms with Crippen LogP contribution in [-0.2, 0) is 27.2 Å². The number of carbonyl (C=O) groups excluding carboxylic acids is 3. The van der Waals surface area contributed by atoms with Crippen LogP contribution in [0, 0.1) is 13.8 Å². The van der Waals surface area contributed by atoms with Crippen LogP contribution in [-0.4, -0.2) is 47.0 Å². The minimum absolute atomic E-state index is 0.166. The van der Waals surface area contributed by atoms with Crippen molar-refractivity contribution in [2.75, 3.05) is 13.2 Å². The van der Waals surface area contributed by atoms with Gasteiger partial charge in [-0.05, 0) is 56.7 Å². The summed E-state index contributed by atoms with van der Waals surface area (Å²) in [6.07, 6.45) is 0.561. The van der Waals surface area contributed by atoms with Crippen LogP contribution in [0.3, 0.4) is 0 Å². The number of fused-ring (bicyclic) bond motifs is 1. The van der Waals surface area contributed by atoms with E-state index < -0.39 is 11.9 Å². The van der Waals surface area contributed by atoms with E-state index in [-0.39, 0.29) is 24.3 Å². The van der Waals surface area contributed by atoms with Crippen molar-refractivity contribution in [3.8, 4) is 0 Å². The van der Waals surface area contributed by atoms with Crippen LogP contribution >= 0.6 is 11.3 Å². The Morgan fingerprint density at radius 3 is 2.71 bits per heavy atom. The monoisotopic (exact) mass is 404 g/mol. The molecular weight excluding hydrogens is 380 g/mol. The molecule has 1 N–H and O–H groups in total. The first-order valence-electron chi connectivity index (χ1n) is 9.18. The number of amides is 1. The lowest BCUT2D eigenvalue weighted by atomic mass is 10.1. The standard InChI is InChI=1S/C20H24N2O5S/c1-11(2)27-19(24)17-12(3)18(21-13(17)4)20(25)26-10-16(23)22-7-5-15-14(9-22)6-8-28-15/h6,8,11,21H,5,7,9-10H2,1-4H3. The van der Waals surface area contributed by atoms with Crippen molar-refractivity contribution in [1.29, 1.82) is 0 Å². The quantitative estimate of drug-likeness (QED) is 0.774. The number of H-pyrrole nitrogens is 1. The number of aromatic nitrogens is 1. The number of aryl methyl sites for hydroxylation is 1. The van der Waals surface area contributed by atoms with Gasteiger partial charge >= 0.3 is 11.9 Å². The number of nitrogens with one attached hydrogen (secondary N) is 1. The normalized spacial score (nSPS) is 13.4. The van der Waals surface area contributed by atoms with Crippen molar-refractivity contribution in [2.24, 2.45) is 0 Å². The highest BCUT2D eigenvalue weighted by molar-refractivity contribution is 7.10. The molecule has 0 bridgehead atoms. The van der Waals surface area contributed by atoms with E-state index in [0.717, 1.165) is 12.0 Å². The van der Waals surface area contributed by atoms with Crippen LogP contribution in [0.25, 0.3) is 0 Å². The second kappa shape index (κ2) is 8.18. The van der Waals surface area contributed by atoms with Gasteiger partial charge in [-0.3, -0.25) is 4.79 Å². The first-order valence-corrected chi connectivity index (χ1v) is 10.1. The van der Waals surface area contributed by atoms with E-state index in [1.54, 1.807) is 43.9 Å². The molecule has 0 aromatic carbocycles. The third kappa shape index (κ3) is 4.11. The van der Waals surface area contributed by atoms with Gasteiger partial charge in [0.25, 0.3) is 5.91 Å². The zero-order chi connectivity index (χ0) is 20.4. The van der Waals surface area contributed by atoms with Gasteiger partial charge < -0.3 is 19.4 Å². The summed E-state index contributed by atoms with van der Waals surface area (Å²) in [4.78, 5) is 43.0. The van der Waals surface area contributed by atoms with Crippen LogP contribution in [0.4, 0.5) is 0 Å². The predicted octanol–water partition coefficient (Wildman–Crippen LogP) is 3.00. The molecular formula is C20H24N2O5S. The van der Waals surface area contributed by atoms with Crippen LogP contribution in [0.1, 0.15) is 56.4 Å². The fraction of sp³-hybridized carbons (Fsp3) is 0.450. The van der Waals surface area contributed by atoms with Gasteiger partial charge in [-0.2, -0.15) is 0 Å². The number of thiophene rings is 1. The van der Waals surface area contributed by atoms with Crippen molar-refractivity contribution in [3.05, 3.63) is 44.4 Å². The lowest BCUT2D eigenvalue weighted by molar-refractivity contribution is -0.135. The number of ether oxygens (including phenoxy) is 2. The molecule has 3 heterocycles. The van der Waals surface area contributed by atoms with Gasteiger partial charge in [0.15, 0.2) is 6.61 Å². The molecule has 1 amide bonds. The highest BCUT2D eigenvalue weighted by Gasteiger charge is 2.26. The number of hydrogen-bond donors (Lipinski definition) is 1. The van der Waals surface area contributed by atoms with Gasteiger partial charge in [0.05, 0.1) is 11.7 Å². The van der Waals surface area contributed by atoms with Gasteiger partial charge in [0.1, 0.15) is 5.69 Å². The lowest BCUT2D eigenvalue weighted by Gasteiger charge is -2.26. The van der Waals surface area contributed by atoms with Crippen molar-refractivity contribution in [3.63, 3.8) is 0 Å².